The van der Waals surface area contributed by atoms with Crippen LogP contribution >= 0.6 is 23.2 Å². The van der Waals surface area contributed by atoms with Gasteiger partial charge in [0.05, 0.1) is 17.3 Å². The van der Waals surface area contributed by atoms with E-state index in [1.165, 1.54) is 5.56 Å². The zero-order valence-electron chi connectivity index (χ0n) is 11.8. The lowest BCUT2D eigenvalue weighted by molar-refractivity contribution is -0.114. The van der Waals surface area contributed by atoms with Gasteiger partial charge in [0.25, 0.3) is 0 Å². The molecule has 0 heterocycles. The van der Waals surface area contributed by atoms with Crippen molar-refractivity contribution in [3.8, 4) is 0 Å². The fourth-order valence-corrected chi connectivity index (χ4v) is 2.31. The molecule has 0 saturated carbocycles. The number of halogens is 2. The number of hydrogen-bond donors (Lipinski definition) is 2. The Kier molecular flexibility index (Phi) is 5.10. The van der Waals surface area contributed by atoms with Crippen LogP contribution in [0.15, 0.2) is 36.4 Å². The summed E-state index contributed by atoms with van der Waals surface area (Å²) >= 11 is 11.9. The zero-order valence-corrected chi connectivity index (χ0v) is 13.3. The van der Waals surface area contributed by atoms with Crippen molar-refractivity contribution >= 4 is 40.5 Å². The van der Waals surface area contributed by atoms with Crippen molar-refractivity contribution in [2.45, 2.75) is 13.8 Å². The van der Waals surface area contributed by atoms with Crippen molar-refractivity contribution in [2.24, 2.45) is 0 Å². The van der Waals surface area contributed by atoms with E-state index in [2.05, 4.69) is 10.6 Å². The van der Waals surface area contributed by atoms with E-state index >= 15 is 0 Å². The van der Waals surface area contributed by atoms with Gasteiger partial charge >= 0.3 is 0 Å². The molecule has 3 nitrogen and oxygen atoms in total. The first-order chi connectivity index (χ1) is 9.95. The molecule has 2 aromatic carbocycles. The molecule has 0 unspecified atom stereocenters. The van der Waals surface area contributed by atoms with Gasteiger partial charge in [0, 0.05) is 10.7 Å². The second-order valence-electron chi connectivity index (χ2n) is 4.82. The van der Waals surface area contributed by atoms with Crippen LogP contribution in [0.4, 0.5) is 11.4 Å². The first-order valence-corrected chi connectivity index (χ1v) is 7.27. The Morgan fingerprint density at radius 3 is 2.48 bits per heavy atom. The van der Waals surface area contributed by atoms with Crippen LogP contribution in [0.3, 0.4) is 0 Å². The van der Waals surface area contributed by atoms with E-state index in [1.807, 2.05) is 32.0 Å². The van der Waals surface area contributed by atoms with E-state index in [0.29, 0.717) is 15.7 Å². The van der Waals surface area contributed by atoms with Gasteiger partial charge in [-0.15, -0.1) is 0 Å². The van der Waals surface area contributed by atoms with Gasteiger partial charge in [0.2, 0.25) is 5.91 Å². The molecule has 0 aliphatic heterocycles. The fourth-order valence-electron chi connectivity index (χ4n) is 1.83. The van der Waals surface area contributed by atoms with Gasteiger partial charge in [-0.25, -0.2) is 0 Å². The van der Waals surface area contributed by atoms with Crippen molar-refractivity contribution in [1.29, 1.82) is 0 Å². The Morgan fingerprint density at radius 1 is 1.05 bits per heavy atom. The molecule has 0 spiro atoms. The molecule has 0 saturated heterocycles. The lowest BCUT2D eigenvalue weighted by Crippen LogP contribution is -2.21. The number of nitrogens with one attached hydrogen (secondary N) is 2. The minimum absolute atomic E-state index is 0.133. The van der Waals surface area contributed by atoms with Crippen LogP contribution in [0.1, 0.15) is 11.1 Å². The van der Waals surface area contributed by atoms with Crippen molar-refractivity contribution in [2.75, 3.05) is 17.2 Å². The summed E-state index contributed by atoms with van der Waals surface area (Å²) in [7, 11) is 0. The maximum absolute atomic E-state index is 11.9. The molecule has 0 aliphatic carbocycles. The summed E-state index contributed by atoms with van der Waals surface area (Å²) in [5, 5.41) is 6.87. The van der Waals surface area contributed by atoms with Crippen LogP contribution in [0.25, 0.3) is 0 Å². The zero-order chi connectivity index (χ0) is 15.4. The predicted octanol–water partition coefficient (Wildman–Crippen LogP) is 4.66. The van der Waals surface area contributed by atoms with Gasteiger partial charge < -0.3 is 10.6 Å². The number of carbonyl (C=O) groups is 1. The van der Waals surface area contributed by atoms with E-state index in [4.69, 9.17) is 23.2 Å². The topological polar surface area (TPSA) is 41.1 Å². The molecule has 0 atom stereocenters. The molecule has 0 fully saturated rings. The molecular formula is C16H16Cl2N2O. The molecule has 0 aliphatic rings. The number of benzene rings is 2. The van der Waals surface area contributed by atoms with Gasteiger partial charge in [0.15, 0.2) is 0 Å². The standard InChI is InChI=1S/C16H16Cl2N2O/c1-10-3-5-13(7-11(10)2)20-16(21)9-19-15-6-4-12(17)8-14(15)18/h3-8,19H,9H2,1-2H3,(H,20,21). The highest BCUT2D eigenvalue weighted by molar-refractivity contribution is 6.36. The van der Waals surface area contributed by atoms with E-state index < -0.39 is 0 Å². The van der Waals surface area contributed by atoms with Gasteiger partial charge in [-0.1, -0.05) is 29.3 Å². The monoisotopic (exact) mass is 322 g/mol. The van der Waals surface area contributed by atoms with Gasteiger partial charge in [0.1, 0.15) is 0 Å². The third kappa shape index (κ3) is 4.38. The Balaban J connectivity index is 1.94. The Morgan fingerprint density at radius 2 is 1.81 bits per heavy atom. The lowest BCUT2D eigenvalue weighted by atomic mass is 10.1. The average Bonchev–Trinajstić information content (AvgIpc) is 2.42. The first kappa shape index (κ1) is 15.7. The summed E-state index contributed by atoms with van der Waals surface area (Å²) in [5.74, 6) is -0.135. The van der Waals surface area contributed by atoms with Crippen LogP contribution < -0.4 is 10.6 Å². The second-order valence-corrected chi connectivity index (χ2v) is 5.67. The third-order valence-electron chi connectivity index (χ3n) is 3.16. The number of amides is 1. The van der Waals surface area contributed by atoms with Crippen LogP contribution in [0, 0.1) is 13.8 Å². The SMILES string of the molecule is Cc1ccc(NC(=O)CNc2ccc(Cl)cc2Cl)cc1C. The van der Waals surface area contributed by atoms with Gasteiger partial charge in [-0.05, 0) is 55.3 Å². The quantitative estimate of drug-likeness (QED) is 0.859. The third-order valence-corrected chi connectivity index (χ3v) is 3.71. The smallest absolute Gasteiger partial charge is 0.243 e. The van der Waals surface area contributed by atoms with Gasteiger partial charge in [-0.3, -0.25) is 4.79 Å². The highest BCUT2D eigenvalue weighted by Gasteiger charge is 2.05. The second kappa shape index (κ2) is 6.83. The molecule has 0 bridgehead atoms. The predicted molar refractivity (Wildman–Crippen MR) is 89.5 cm³/mol. The fraction of sp³-hybridized carbons (Fsp3) is 0.188. The molecule has 2 rings (SSSR count). The summed E-state index contributed by atoms with van der Waals surface area (Å²) in [6.07, 6.45) is 0. The normalized spacial score (nSPS) is 10.3. The highest BCUT2D eigenvalue weighted by atomic mass is 35.5. The average molecular weight is 323 g/mol. The van der Waals surface area contributed by atoms with E-state index in [-0.39, 0.29) is 12.5 Å². The number of carbonyl (C=O) groups excluding carboxylic acids is 1. The van der Waals surface area contributed by atoms with E-state index in [1.54, 1.807) is 18.2 Å². The van der Waals surface area contributed by atoms with E-state index in [0.717, 1.165) is 11.3 Å². The molecule has 5 heteroatoms. The largest absolute Gasteiger partial charge is 0.375 e. The van der Waals surface area contributed by atoms with Crippen LogP contribution in [-0.2, 0) is 4.79 Å². The number of anilines is 2. The molecule has 1 amide bonds. The minimum Gasteiger partial charge on any atom is -0.375 e. The molecule has 0 radical (unpaired) electrons. The van der Waals surface area contributed by atoms with Crippen molar-refractivity contribution in [3.05, 3.63) is 57.6 Å². The lowest BCUT2D eigenvalue weighted by Gasteiger charge is -2.10. The Labute approximate surface area is 134 Å². The Hall–Kier alpha value is -1.71. The number of hydrogen-bond acceptors (Lipinski definition) is 2. The summed E-state index contributed by atoms with van der Waals surface area (Å²) < 4.78 is 0. The minimum atomic E-state index is -0.135. The van der Waals surface area contributed by atoms with Crippen molar-refractivity contribution in [3.63, 3.8) is 0 Å². The highest BCUT2D eigenvalue weighted by Crippen LogP contribution is 2.25. The van der Waals surface area contributed by atoms with Crippen molar-refractivity contribution in [1.82, 2.24) is 0 Å². The molecule has 21 heavy (non-hydrogen) atoms. The van der Waals surface area contributed by atoms with Crippen LogP contribution in [-0.4, -0.2) is 12.5 Å². The summed E-state index contributed by atoms with van der Waals surface area (Å²) in [5.41, 5.74) is 3.80. The molecule has 2 aromatic rings. The van der Waals surface area contributed by atoms with Crippen molar-refractivity contribution < 1.29 is 4.79 Å². The maximum Gasteiger partial charge on any atom is 0.243 e. The molecular weight excluding hydrogens is 307 g/mol. The molecule has 110 valence electrons. The van der Waals surface area contributed by atoms with E-state index in [9.17, 15) is 4.79 Å². The molecule has 2 N–H and O–H groups in total. The summed E-state index contributed by atoms with van der Waals surface area (Å²) in [6, 6.07) is 10.9. The van der Waals surface area contributed by atoms with Gasteiger partial charge in [-0.2, -0.15) is 0 Å². The van der Waals surface area contributed by atoms with Crippen LogP contribution in [0.5, 0.6) is 0 Å². The first-order valence-electron chi connectivity index (χ1n) is 6.52. The Bertz CT molecular complexity index is 671. The summed E-state index contributed by atoms with van der Waals surface area (Å²) in [4.78, 5) is 11.9. The number of rotatable bonds is 4. The number of aryl methyl sites for hydroxylation is 2. The summed E-state index contributed by atoms with van der Waals surface area (Å²) in [6.45, 7) is 4.18. The maximum atomic E-state index is 11.9. The molecule has 0 aromatic heterocycles. The van der Waals surface area contributed by atoms with Crippen LogP contribution in [0.2, 0.25) is 10.0 Å².